The van der Waals surface area contributed by atoms with Gasteiger partial charge in [0, 0.05) is 43.5 Å². The van der Waals surface area contributed by atoms with Crippen LogP contribution in [0.5, 0.6) is 0 Å². The van der Waals surface area contributed by atoms with Gasteiger partial charge in [-0.3, -0.25) is 9.67 Å². The first-order valence-electron chi connectivity index (χ1n) is 6.34. The highest BCUT2D eigenvalue weighted by Crippen LogP contribution is 2.15. The van der Waals surface area contributed by atoms with Gasteiger partial charge in [-0.05, 0) is 17.7 Å². The van der Waals surface area contributed by atoms with Crippen molar-refractivity contribution in [2.75, 3.05) is 0 Å². The summed E-state index contributed by atoms with van der Waals surface area (Å²) in [5, 5.41) is 8.81. The number of hydrogen-bond acceptors (Lipinski definition) is 3. The molecule has 0 atom stereocenters. The predicted molar refractivity (Wildman–Crippen MR) is 75.5 cm³/mol. The van der Waals surface area contributed by atoms with Crippen molar-refractivity contribution in [3.63, 3.8) is 0 Å². The molecular formula is C15H16N4. The number of nitrogens with one attached hydrogen (secondary N) is 1. The maximum atomic E-state index is 4.37. The lowest BCUT2D eigenvalue weighted by Crippen LogP contribution is -2.12. The molecule has 4 heteroatoms. The van der Waals surface area contributed by atoms with Crippen LogP contribution in [0.1, 0.15) is 11.1 Å². The number of aryl methyl sites for hydroxylation is 1. The SMILES string of the molecule is Cn1cc(CNCc2ccnc3ccccc23)cn1. The maximum Gasteiger partial charge on any atom is 0.0705 e. The van der Waals surface area contributed by atoms with Crippen LogP contribution in [0.3, 0.4) is 0 Å². The second kappa shape index (κ2) is 5.20. The molecule has 0 spiro atoms. The molecule has 3 aromatic rings. The molecule has 19 heavy (non-hydrogen) atoms. The van der Waals surface area contributed by atoms with E-state index in [9.17, 15) is 0 Å². The van der Waals surface area contributed by atoms with Crippen LogP contribution in [-0.4, -0.2) is 14.8 Å². The Morgan fingerprint density at radius 3 is 2.89 bits per heavy atom. The largest absolute Gasteiger partial charge is 0.308 e. The number of fused-ring (bicyclic) bond motifs is 1. The van der Waals surface area contributed by atoms with Crippen molar-refractivity contribution < 1.29 is 0 Å². The van der Waals surface area contributed by atoms with Crippen LogP contribution >= 0.6 is 0 Å². The average molecular weight is 252 g/mol. The van der Waals surface area contributed by atoms with Gasteiger partial charge in [0.1, 0.15) is 0 Å². The van der Waals surface area contributed by atoms with Crippen molar-refractivity contribution in [2.45, 2.75) is 13.1 Å². The van der Waals surface area contributed by atoms with E-state index in [4.69, 9.17) is 0 Å². The van der Waals surface area contributed by atoms with E-state index in [1.807, 2.05) is 42.5 Å². The Hall–Kier alpha value is -2.20. The summed E-state index contributed by atoms with van der Waals surface area (Å²) in [6.07, 6.45) is 5.78. The van der Waals surface area contributed by atoms with Gasteiger partial charge in [-0.15, -0.1) is 0 Å². The number of pyridine rings is 1. The molecule has 0 unspecified atom stereocenters. The van der Waals surface area contributed by atoms with Gasteiger partial charge >= 0.3 is 0 Å². The molecule has 0 saturated carbocycles. The third kappa shape index (κ3) is 2.63. The predicted octanol–water partition coefficient (Wildman–Crippen LogP) is 2.26. The molecule has 2 heterocycles. The Labute approximate surface area is 112 Å². The lowest BCUT2D eigenvalue weighted by Gasteiger charge is -2.06. The Kier molecular flexibility index (Phi) is 3.25. The summed E-state index contributed by atoms with van der Waals surface area (Å²) in [6.45, 7) is 1.66. The quantitative estimate of drug-likeness (QED) is 0.774. The molecule has 4 nitrogen and oxygen atoms in total. The van der Waals surface area contributed by atoms with Gasteiger partial charge in [0.25, 0.3) is 0 Å². The monoisotopic (exact) mass is 252 g/mol. The topological polar surface area (TPSA) is 42.7 Å². The highest BCUT2D eigenvalue weighted by atomic mass is 15.2. The van der Waals surface area contributed by atoms with Crippen molar-refractivity contribution in [1.29, 1.82) is 0 Å². The summed E-state index contributed by atoms with van der Waals surface area (Å²) in [5.41, 5.74) is 3.51. The van der Waals surface area contributed by atoms with Crippen molar-refractivity contribution in [3.8, 4) is 0 Å². The van der Waals surface area contributed by atoms with Crippen molar-refractivity contribution in [3.05, 3.63) is 60.0 Å². The molecule has 3 rings (SSSR count). The number of aromatic nitrogens is 3. The number of para-hydroxylation sites is 1. The molecule has 0 aliphatic carbocycles. The van der Waals surface area contributed by atoms with Crippen molar-refractivity contribution in [2.24, 2.45) is 7.05 Å². The van der Waals surface area contributed by atoms with Gasteiger partial charge in [0.05, 0.1) is 11.7 Å². The first kappa shape index (κ1) is 11.9. The lowest BCUT2D eigenvalue weighted by molar-refractivity contribution is 0.694. The van der Waals surface area contributed by atoms with E-state index < -0.39 is 0 Å². The molecule has 1 N–H and O–H groups in total. The van der Waals surface area contributed by atoms with Gasteiger partial charge in [0.15, 0.2) is 0 Å². The first-order chi connectivity index (χ1) is 9.33. The summed E-state index contributed by atoms with van der Waals surface area (Å²) < 4.78 is 1.82. The standard InChI is InChI=1S/C15H16N4/c1-19-11-12(9-18-19)8-16-10-13-6-7-17-15-5-3-2-4-14(13)15/h2-7,9,11,16H,8,10H2,1H3. The van der Waals surface area contributed by atoms with Crippen molar-refractivity contribution >= 4 is 10.9 Å². The highest BCUT2D eigenvalue weighted by molar-refractivity contribution is 5.81. The molecule has 0 amide bonds. The second-order valence-electron chi connectivity index (χ2n) is 4.61. The Morgan fingerprint density at radius 2 is 2.05 bits per heavy atom. The van der Waals surface area contributed by atoms with Gasteiger partial charge < -0.3 is 5.32 Å². The number of hydrogen-bond donors (Lipinski definition) is 1. The highest BCUT2D eigenvalue weighted by Gasteiger charge is 2.01. The van der Waals surface area contributed by atoms with E-state index in [1.54, 1.807) is 0 Å². The summed E-state index contributed by atoms with van der Waals surface area (Å²) >= 11 is 0. The fourth-order valence-corrected chi connectivity index (χ4v) is 2.21. The zero-order valence-electron chi connectivity index (χ0n) is 10.9. The molecule has 0 saturated heterocycles. The molecule has 0 aliphatic heterocycles. The van der Waals surface area contributed by atoms with E-state index in [0.717, 1.165) is 18.6 Å². The summed E-state index contributed by atoms with van der Waals surface area (Å²) in [7, 11) is 1.93. The molecule has 0 aliphatic rings. The van der Waals surface area contributed by atoms with E-state index in [1.165, 1.54) is 16.5 Å². The first-order valence-corrected chi connectivity index (χ1v) is 6.34. The molecule has 0 radical (unpaired) electrons. The molecule has 96 valence electrons. The number of benzene rings is 1. The van der Waals surface area contributed by atoms with Crippen LogP contribution in [0.15, 0.2) is 48.9 Å². The minimum Gasteiger partial charge on any atom is -0.308 e. The summed E-state index contributed by atoms with van der Waals surface area (Å²) in [4.78, 5) is 4.37. The summed E-state index contributed by atoms with van der Waals surface area (Å²) in [6, 6.07) is 10.3. The van der Waals surface area contributed by atoms with E-state index in [-0.39, 0.29) is 0 Å². The average Bonchev–Trinajstić information content (AvgIpc) is 2.85. The van der Waals surface area contributed by atoms with Crippen LogP contribution < -0.4 is 5.32 Å². The minimum atomic E-state index is 0.824. The third-order valence-corrected chi connectivity index (χ3v) is 3.14. The van der Waals surface area contributed by atoms with Crippen LogP contribution in [0, 0.1) is 0 Å². The maximum absolute atomic E-state index is 4.37. The Morgan fingerprint density at radius 1 is 1.16 bits per heavy atom. The second-order valence-corrected chi connectivity index (χ2v) is 4.61. The number of nitrogens with zero attached hydrogens (tertiary/aromatic N) is 3. The van der Waals surface area contributed by atoms with Crippen LogP contribution in [0.2, 0.25) is 0 Å². The Bertz CT molecular complexity index is 682. The van der Waals surface area contributed by atoms with E-state index in [0.29, 0.717) is 0 Å². The fourth-order valence-electron chi connectivity index (χ4n) is 2.21. The smallest absolute Gasteiger partial charge is 0.0705 e. The molecule has 1 aromatic carbocycles. The normalized spacial score (nSPS) is 11.0. The van der Waals surface area contributed by atoms with Crippen molar-refractivity contribution in [1.82, 2.24) is 20.1 Å². The van der Waals surface area contributed by atoms with E-state index >= 15 is 0 Å². The van der Waals surface area contributed by atoms with Gasteiger partial charge in [-0.25, -0.2) is 0 Å². The zero-order valence-corrected chi connectivity index (χ0v) is 10.9. The molecule has 2 aromatic heterocycles. The summed E-state index contributed by atoms with van der Waals surface area (Å²) in [5.74, 6) is 0. The van der Waals surface area contributed by atoms with Crippen LogP contribution in [0.4, 0.5) is 0 Å². The number of rotatable bonds is 4. The zero-order chi connectivity index (χ0) is 13.1. The van der Waals surface area contributed by atoms with Crippen LogP contribution in [0.25, 0.3) is 10.9 Å². The molecule has 0 fully saturated rings. The van der Waals surface area contributed by atoms with Crippen LogP contribution in [-0.2, 0) is 20.1 Å². The molecule has 0 bridgehead atoms. The van der Waals surface area contributed by atoms with E-state index in [2.05, 4.69) is 33.6 Å². The lowest BCUT2D eigenvalue weighted by atomic mass is 10.1. The minimum absolute atomic E-state index is 0.824. The third-order valence-electron chi connectivity index (χ3n) is 3.14. The molecular weight excluding hydrogens is 236 g/mol. The van der Waals surface area contributed by atoms with Gasteiger partial charge in [-0.1, -0.05) is 18.2 Å². The Balaban J connectivity index is 1.71. The fraction of sp³-hybridized carbons (Fsp3) is 0.200. The van der Waals surface area contributed by atoms with Gasteiger partial charge in [0.2, 0.25) is 0 Å². The van der Waals surface area contributed by atoms with Gasteiger partial charge in [-0.2, -0.15) is 5.10 Å².